The van der Waals surface area contributed by atoms with Crippen molar-refractivity contribution in [1.82, 2.24) is 0 Å². The molecule has 0 aromatic rings. The van der Waals surface area contributed by atoms with Crippen LogP contribution in [0.4, 0.5) is 0 Å². The first kappa shape index (κ1) is 16.4. The highest BCUT2D eigenvalue weighted by Crippen LogP contribution is 2.24. The van der Waals surface area contributed by atoms with Gasteiger partial charge in [-0.05, 0) is 46.0 Å². The van der Waals surface area contributed by atoms with E-state index in [1.807, 2.05) is 0 Å². The van der Waals surface area contributed by atoms with E-state index in [0.717, 1.165) is 12.8 Å². The average molecular weight is 292 g/mol. The minimum Gasteiger partial charge on any atom is -0.465 e. The molecule has 0 aliphatic carbocycles. The van der Waals surface area contributed by atoms with E-state index in [2.05, 4.69) is 0 Å². The van der Waals surface area contributed by atoms with Crippen LogP contribution in [0.15, 0.2) is 0 Å². The fourth-order valence-corrected chi connectivity index (χ4v) is 3.51. The van der Waals surface area contributed by atoms with Crippen LogP contribution in [0, 0.1) is 5.92 Å². The van der Waals surface area contributed by atoms with E-state index in [1.165, 1.54) is 13.8 Å². The molecule has 0 atom stereocenters. The number of sulfone groups is 1. The van der Waals surface area contributed by atoms with Gasteiger partial charge in [-0.15, -0.1) is 0 Å². The Morgan fingerprint density at radius 3 is 2.42 bits per heavy atom. The van der Waals surface area contributed by atoms with Gasteiger partial charge >= 0.3 is 5.97 Å². The van der Waals surface area contributed by atoms with Crippen LogP contribution < -0.4 is 0 Å². The van der Waals surface area contributed by atoms with Crippen molar-refractivity contribution in [3.8, 4) is 0 Å². The molecule has 0 amide bonds. The molecule has 1 heterocycles. The number of hydrogen-bond acceptors (Lipinski definition) is 5. The highest BCUT2D eigenvalue weighted by Gasteiger charge is 2.42. The standard InChI is InChI=1S/C13H24O5S/c1-4-18-12(14)13(2,3)19(15,16)10-7-11-5-8-17-9-6-11/h11H,4-10H2,1-3H3. The smallest absolute Gasteiger partial charge is 0.326 e. The second-order valence-corrected chi connectivity index (χ2v) is 8.05. The number of carbonyl (C=O) groups excluding carboxylic acids is 1. The Hall–Kier alpha value is -0.620. The van der Waals surface area contributed by atoms with Crippen LogP contribution in [0.1, 0.15) is 40.0 Å². The van der Waals surface area contributed by atoms with E-state index in [-0.39, 0.29) is 12.4 Å². The van der Waals surface area contributed by atoms with Gasteiger partial charge in [0.1, 0.15) is 0 Å². The molecule has 0 bridgehead atoms. The summed E-state index contributed by atoms with van der Waals surface area (Å²) < 4.78 is 33.2. The molecular formula is C13H24O5S. The Morgan fingerprint density at radius 2 is 1.89 bits per heavy atom. The van der Waals surface area contributed by atoms with Crippen LogP contribution in [-0.4, -0.2) is 44.7 Å². The molecule has 0 radical (unpaired) electrons. The maximum Gasteiger partial charge on any atom is 0.326 e. The maximum atomic E-state index is 12.3. The van der Waals surface area contributed by atoms with E-state index in [1.54, 1.807) is 6.92 Å². The van der Waals surface area contributed by atoms with Gasteiger partial charge in [0, 0.05) is 13.2 Å². The molecule has 0 spiro atoms. The molecule has 0 N–H and O–H groups in total. The van der Waals surface area contributed by atoms with Gasteiger partial charge in [-0.25, -0.2) is 8.42 Å². The zero-order chi connectivity index (χ0) is 14.5. The summed E-state index contributed by atoms with van der Waals surface area (Å²) in [6.45, 7) is 6.10. The predicted molar refractivity (Wildman–Crippen MR) is 72.7 cm³/mol. The van der Waals surface area contributed by atoms with Crippen molar-refractivity contribution >= 4 is 15.8 Å². The van der Waals surface area contributed by atoms with E-state index >= 15 is 0 Å². The quantitative estimate of drug-likeness (QED) is 0.695. The monoisotopic (exact) mass is 292 g/mol. The Labute approximate surface area is 115 Å². The molecule has 19 heavy (non-hydrogen) atoms. The highest BCUT2D eigenvalue weighted by atomic mass is 32.2. The molecule has 1 rings (SSSR count). The fraction of sp³-hybridized carbons (Fsp3) is 0.923. The largest absolute Gasteiger partial charge is 0.465 e. The first-order chi connectivity index (χ1) is 8.81. The molecule has 1 fully saturated rings. The molecule has 0 unspecified atom stereocenters. The topological polar surface area (TPSA) is 69.7 Å². The number of carbonyl (C=O) groups is 1. The summed E-state index contributed by atoms with van der Waals surface area (Å²) in [5, 5.41) is 0. The van der Waals surface area contributed by atoms with Gasteiger partial charge in [-0.1, -0.05) is 0 Å². The molecule has 0 aromatic carbocycles. The normalized spacial score (nSPS) is 18.3. The maximum absolute atomic E-state index is 12.3. The molecule has 1 aliphatic rings. The Balaban J connectivity index is 2.61. The van der Waals surface area contributed by atoms with Crippen molar-refractivity contribution in [2.45, 2.75) is 44.8 Å². The summed E-state index contributed by atoms with van der Waals surface area (Å²) in [6, 6.07) is 0. The summed E-state index contributed by atoms with van der Waals surface area (Å²) in [5.41, 5.74) is 0. The third kappa shape index (κ3) is 4.18. The lowest BCUT2D eigenvalue weighted by atomic mass is 9.98. The zero-order valence-electron chi connectivity index (χ0n) is 12.0. The van der Waals surface area contributed by atoms with Gasteiger partial charge in [0.2, 0.25) is 0 Å². The van der Waals surface area contributed by atoms with Crippen molar-refractivity contribution in [3.05, 3.63) is 0 Å². The summed E-state index contributed by atoms with van der Waals surface area (Å²) in [5.74, 6) is -0.257. The number of esters is 1. The average Bonchev–Trinajstić information content (AvgIpc) is 2.38. The van der Waals surface area contributed by atoms with Gasteiger partial charge in [0.25, 0.3) is 0 Å². The lowest BCUT2D eigenvalue weighted by Gasteiger charge is -2.25. The van der Waals surface area contributed by atoms with Crippen LogP contribution >= 0.6 is 0 Å². The van der Waals surface area contributed by atoms with Crippen LogP contribution in [0.3, 0.4) is 0 Å². The predicted octanol–water partition coefficient (Wildman–Crippen LogP) is 1.56. The van der Waals surface area contributed by atoms with Crippen molar-refractivity contribution in [1.29, 1.82) is 0 Å². The summed E-state index contributed by atoms with van der Waals surface area (Å²) in [6.07, 6.45) is 2.39. The third-order valence-electron chi connectivity index (χ3n) is 3.68. The second-order valence-electron chi connectivity index (χ2n) is 5.39. The molecular weight excluding hydrogens is 268 g/mol. The van der Waals surface area contributed by atoms with Crippen LogP contribution in [0.25, 0.3) is 0 Å². The van der Waals surface area contributed by atoms with Crippen LogP contribution in [0.5, 0.6) is 0 Å². The summed E-state index contributed by atoms with van der Waals surface area (Å²) >= 11 is 0. The fourth-order valence-electron chi connectivity index (χ4n) is 2.04. The molecule has 1 saturated heterocycles. The highest BCUT2D eigenvalue weighted by molar-refractivity contribution is 7.93. The van der Waals surface area contributed by atoms with Crippen LogP contribution in [-0.2, 0) is 24.1 Å². The van der Waals surface area contributed by atoms with E-state index in [4.69, 9.17) is 9.47 Å². The van der Waals surface area contributed by atoms with Crippen molar-refractivity contribution in [2.24, 2.45) is 5.92 Å². The zero-order valence-corrected chi connectivity index (χ0v) is 12.8. The van der Waals surface area contributed by atoms with Gasteiger partial charge < -0.3 is 9.47 Å². The minimum absolute atomic E-state index is 0.0312. The van der Waals surface area contributed by atoms with Gasteiger partial charge in [-0.2, -0.15) is 0 Å². The molecule has 6 heteroatoms. The van der Waals surface area contributed by atoms with E-state index in [9.17, 15) is 13.2 Å². The molecule has 1 aliphatic heterocycles. The minimum atomic E-state index is -3.50. The Morgan fingerprint density at radius 1 is 1.32 bits per heavy atom. The lowest BCUT2D eigenvalue weighted by molar-refractivity contribution is -0.145. The van der Waals surface area contributed by atoms with Gasteiger partial charge in [-0.3, -0.25) is 4.79 Å². The number of ether oxygens (including phenoxy) is 2. The first-order valence-corrected chi connectivity index (χ1v) is 8.43. The number of hydrogen-bond donors (Lipinski definition) is 0. The van der Waals surface area contributed by atoms with Crippen LogP contribution in [0.2, 0.25) is 0 Å². The summed E-state index contributed by atoms with van der Waals surface area (Å²) in [7, 11) is -3.50. The second kappa shape index (κ2) is 6.70. The SMILES string of the molecule is CCOC(=O)C(C)(C)S(=O)(=O)CCC1CCOCC1. The molecule has 112 valence electrons. The van der Waals surface area contributed by atoms with E-state index in [0.29, 0.717) is 25.6 Å². The first-order valence-electron chi connectivity index (χ1n) is 6.78. The Kier molecular flexibility index (Phi) is 5.80. The number of rotatable bonds is 6. The van der Waals surface area contributed by atoms with Crippen molar-refractivity contribution in [2.75, 3.05) is 25.6 Å². The molecule has 5 nitrogen and oxygen atoms in total. The van der Waals surface area contributed by atoms with Gasteiger partial charge in [0.05, 0.1) is 12.4 Å². The van der Waals surface area contributed by atoms with Crippen molar-refractivity contribution in [3.63, 3.8) is 0 Å². The lowest BCUT2D eigenvalue weighted by Crippen LogP contribution is -2.43. The molecule has 0 aromatic heterocycles. The molecule has 0 saturated carbocycles. The van der Waals surface area contributed by atoms with Gasteiger partial charge in [0.15, 0.2) is 14.6 Å². The van der Waals surface area contributed by atoms with E-state index < -0.39 is 20.6 Å². The summed E-state index contributed by atoms with van der Waals surface area (Å²) in [4.78, 5) is 11.7. The van der Waals surface area contributed by atoms with Crippen molar-refractivity contribution < 1.29 is 22.7 Å². The Bertz CT molecular complexity index is 393. The third-order valence-corrected chi connectivity index (χ3v) is 6.18.